The van der Waals surface area contributed by atoms with E-state index in [1.54, 1.807) is 36.4 Å². The molecule has 3 rings (SSSR count). The number of esters is 1. The van der Waals surface area contributed by atoms with E-state index in [0.717, 1.165) is 0 Å². The third kappa shape index (κ3) is 4.68. The predicted octanol–water partition coefficient (Wildman–Crippen LogP) is 4.47. The number of benzene rings is 2. The Bertz CT molecular complexity index is 835. The Hall–Kier alpha value is -2.24. The Labute approximate surface area is 160 Å². The molecule has 0 radical (unpaired) electrons. The molecule has 0 N–H and O–H groups in total. The zero-order chi connectivity index (χ0) is 18.5. The number of hydrogen-bond donors (Lipinski definition) is 0. The van der Waals surface area contributed by atoms with Gasteiger partial charge in [-0.2, -0.15) is 0 Å². The molecule has 0 aromatic heterocycles. The van der Waals surface area contributed by atoms with Gasteiger partial charge in [-0.1, -0.05) is 29.3 Å². The summed E-state index contributed by atoms with van der Waals surface area (Å²) in [7, 11) is 0. The molecule has 7 heteroatoms. The van der Waals surface area contributed by atoms with E-state index in [1.807, 2.05) is 0 Å². The maximum absolute atomic E-state index is 12.3. The van der Waals surface area contributed by atoms with Crippen LogP contribution in [0.15, 0.2) is 36.4 Å². The van der Waals surface area contributed by atoms with Gasteiger partial charge >= 0.3 is 5.97 Å². The first-order valence-electron chi connectivity index (χ1n) is 8.05. The summed E-state index contributed by atoms with van der Waals surface area (Å²) in [5.74, 6) is 0.527. The Morgan fingerprint density at radius 3 is 2.50 bits per heavy atom. The second kappa shape index (κ2) is 8.43. The number of ether oxygens (including phenoxy) is 3. The van der Waals surface area contributed by atoms with Gasteiger partial charge in [-0.25, -0.2) is 0 Å². The van der Waals surface area contributed by atoms with Gasteiger partial charge in [0.2, 0.25) is 0 Å². The Morgan fingerprint density at radius 2 is 1.73 bits per heavy atom. The second-order valence-corrected chi connectivity index (χ2v) is 6.52. The number of carbonyl (C=O) groups is 2. The van der Waals surface area contributed by atoms with Gasteiger partial charge in [-0.05, 0) is 30.3 Å². The van der Waals surface area contributed by atoms with Crippen molar-refractivity contribution in [1.29, 1.82) is 0 Å². The van der Waals surface area contributed by atoms with Gasteiger partial charge in [-0.3, -0.25) is 9.59 Å². The van der Waals surface area contributed by atoms with Crippen LogP contribution >= 0.6 is 23.2 Å². The SMILES string of the molecule is O=C(CCC(=O)c1ccc2c(c1)OCCO2)OCc1ccc(Cl)cc1Cl. The van der Waals surface area contributed by atoms with E-state index in [-0.39, 0.29) is 25.2 Å². The lowest BCUT2D eigenvalue weighted by Gasteiger charge is -2.18. The Balaban J connectivity index is 1.50. The van der Waals surface area contributed by atoms with Gasteiger partial charge in [0, 0.05) is 27.6 Å². The lowest BCUT2D eigenvalue weighted by Crippen LogP contribution is -2.16. The molecule has 26 heavy (non-hydrogen) atoms. The predicted molar refractivity (Wildman–Crippen MR) is 97.3 cm³/mol. The van der Waals surface area contributed by atoms with Crippen molar-refractivity contribution in [2.24, 2.45) is 0 Å². The van der Waals surface area contributed by atoms with Crippen molar-refractivity contribution in [3.8, 4) is 11.5 Å². The molecule has 0 bridgehead atoms. The van der Waals surface area contributed by atoms with Gasteiger partial charge in [0.15, 0.2) is 17.3 Å². The van der Waals surface area contributed by atoms with Gasteiger partial charge in [-0.15, -0.1) is 0 Å². The van der Waals surface area contributed by atoms with Gasteiger partial charge < -0.3 is 14.2 Å². The molecule has 0 aliphatic carbocycles. The topological polar surface area (TPSA) is 61.8 Å². The number of ketones is 1. The van der Waals surface area contributed by atoms with E-state index in [4.69, 9.17) is 37.4 Å². The van der Waals surface area contributed by atoms with Crippen molar-refractivity contribution >= 4 is 35.0 Å². The molecule has 0 saturated carbocycles. The summed E-state index contributed by atoms with van der Waals surface area (Å²) < 4.78 is 16.0. The van der Waals surface area contributed by atoms with Crippen LogP contribution in [0.3, 0.4) is 0 Å². The minimum absolute atomic E-state index is 0.0154. The monoisotopic (exact) mass is 394 g/mol. The first kappa shape index (κ1) is 18.5. The fourth-order valence-corrected chi connectivity index (χ4v) is 2.91. The number of fused-ring (bicyclic) bond motifs is 1. The Kier molecular flexibility index (Phi) is 6.01. The molecule has 0 amide bonds. The third-order valence-electron chi connectivity index (χ3n) is 3.82. The van der Waals surface area contributed by atoms with Crippen molar-refractivity contribution in [2.75, 3.05) is 13.2 Å². The van der Waals surface area contributed by atoms with Crippen LogP contribution in [0, 0.1) is 0 Å². The van der Waals surface area contributed by atoms with Crippen LogP contribution in [0.25, 0.3) is 0 Å². The summed E-state index contributed by atoms with van der Waals surface area (Å²) >= 11 is 11.8. The number of Topliss-reactive ketones (excluding diaryl/α,β-unsaturated/α-hetero) is 1. The van der Waals surface area contributed by atoms with E-state index >= 15 is 0 Å². The first-order chi connectivity index (χ1) is 12.5. The molecule has 0 saturated heterocycles. The van der Waals surface area contributed by atoms with Crippen LogP contribution in [0.5, 0.6) is 11.5 Å². The van der Waals surface area contributed by atoms with Crippen LogP contribution in [0.2, 0.25) is 10.0 Å². The quantitative estimate of drug-likeness (QED) is 0.534. The molecule has 2 aromatic carbocycles. The molecular formula is C19H16Cl2O5. The van der Waals surface area contributed by atoms with Gasteiger partial charge in [0.05, 0.1) is 6.42 Å². The third-order valence-corrected chi connectivity index (χ3v) is 4.41. The molecule has 1 aliphatic heterocycles. The normalized spacial score (nSPS) is 12.5. The molecule has 0 fully saturated rings. The fourth-order valence-electron chi connectivity index (χ4n) is 2.45. The highest BCUT2D eigenvalue weighted by molar-refractivity contribution is 6.35. The van der Waals surface area contributed by atoms with Crippen molar-refractivity contribution in [3.63, 3.8) is 0 Å². The largest absolute Gasteiger partial charge is 0.486 e. The average molecular weight is 395 g/mol. The van der Waals surface area contributed by atoms with E-state index in [0.29, 0.717) is 45.9 Å². The number of halogens is 2. The van der Waals surface area contributed by atoms with Crippen LogP contribution in [-0.2, 0) is 16.1 Å². The lowest BCUT2D eigenvalue weighted by atomic mass is 10.1. The summed E-state index contributed by atoms with van der Waals surface area (Å²) in [5, 5.41) is 0.938. The first-order valence-corrected chi connectivity index (χ1v) is 8.81. The average Bonchev–Trinajstić information content (AvgIpc) is 2.65. The van der Waals surface area contributed by atoms with Gasteiger partial charge in [0.1, 0.15) is 19.8 Å². The highest BCUT2D eigenvalue weighted by atomic mass is 35.5. The maximum atomic E-state index is 12.3. The van der Waals surface area contributed by atoms with E-state index < -0.39 is 5.97 Å². The van der Waals surface area contributed by atoms with E-state index in [1.165, 1.54) is 0 Å². The minimum atomic E-state index is -0.470. The summed E-state index contributed by atoms with van der Waals surface area (Å²) in [6.45, 7) is 0.973. The summed E-state index contributed by atoms with van der Waals surface area (Å²) in [6.07, 6.45) is 0.0330. The zero-order valence-electron chi connectivity index (χ0n) is 13.8. The van der Waals surface area contributed by atoms with Crippen LogP contribution < -0.4 is 9.47 Å². The maximum Gasteiger partial charge on any atom is 0.306 e. The van der Waals surface area contributed by atoms with Crippen LogP contribution in [0.4, 0.5) is 0 Å². The van der Waals surface area contributed by atoms with E-state index in [9.17, 15) is 9.59 Å². The second-order valence-electron chi connectivity index (χ2n) is 5.68. The molecule has 136 valence electrons. The van der Waals surface area contributed by atoms with Crippen molar-refractivity contribution in [2.45, 2.75) is 19.4 Å². The smallest absolute Gasteiger partial charge is 0.306 e. The van der Waals surface area contributed by atoms with E-state index in [2.05, 4.69) is 0 Å². The van der Waals surface area contributed by atoms with Crippen LogP contribution in [0.1, 0.15) is 28.8 Å². The molecule has 2 aromatic rings. The van der Waals surface area contributed by atoms with Crippen LogP contribution in [-0.4, -0.2) is 25.0 Å². The number of hydrogen-bond acceptors (Lipinski definition) is 5. The Morgan fingerprint density at radius 1 is 0.962 bits per heavy atom. The van der Waals surface area contributed by atoms with Crippen molar-refractivity contribution in [3.05, 3.63) is 57.6 Å². The highest BCUT2D eigenvalue weighted by Crippen LogP contribution is 2.31. The minimum Gasteiger partial charge on any atom is -0.486 e. The standard InChI is InChI=1S/C19H16Cl2O5/c20-14-3-1-13(15(21)10-14)11-26-19(23)6-4-16(22)12-2-5-17-18(9-12)25-8-7-24-17/h1-3,5,9-10H,4,6-8,11H2. The molecule has 1 heterocycles. The molecule has 0 unspecified atom stereocenters. The number of carbonyl (C=O) groups excluding carboxylic acids is 2. The summed E-state index contributed by atoms with van der Waals surface area (Å²) in [5.41, 5.74) is 1.13. The molecule has 5 nitrogen and oxygen atoms in total. The molecular weight excluding hydrogens is 379 g/mol. The zero-order valence-corrected chi connectivity index (χ0v) is 15.3. The molecule has 0 spiro atoms. The molecule has 0 atom stereocenters. The molecule has 1 aliphatic rings. The lowest BCUT2D eigenvalue weighted by molar-refractivity contribution is -0.144. The van der Waals surface area contributed by atoms with Crippen molar-refractivity contribution in [1.82, 2.24) is 0 Å². The number of rotatable bonds is 6. The van der Waals surface area contributed by atoms with Crippen molar-refractivity contribution < 1.29 is 23.8 Å². The summed E-state index contributed by atoms with van der Waals surface area (Å²) in [6, 6.07) is 9.94. The fraction of sp³-hybridized carbons (Fsp3) is 0.263. The highest BCUT2D eigenvalue weighted by Gasteiger charge is 2.16. The summed E-state index contributed by atoms with van der Waals surface area (Å²) in [4.78, 5) is 24.1. The van der Waals surface area contributed by atoms with Gasteiger partial charge in [0.25, 0.3) is 0 Å².